The number of benzene rings is 2. The van der Waals surface area contributed by atoms with E-state index in [0.717, 1.165) is 0 Å². The van der Waals surface area contributed by atoms with Crippen LogP contribution in [0.15, 0.2) is 34.6 Å². The van der Waals surface area contributed by atoms with Crippen molar-refractivity contribution in [2.75, 3.05) is 24.3 Å². The molecule has 0 atom stereocenters. The lowest BCUT2D eigenvalue weighted by Crippen LogP contribution is -2.18. The van der Waals surface area contributed by atoms with Crippen LogP contribution < -0.4 is 10.2 Å². The van der Waals surface area contributed by atoms with E-state index in [4.69, 9.17) is 0 Å². The Morgan fingerprint density at radius 3 is 1.88 bits per heavy atom. The van der Waals surface area contributed by atoms with Crippen LogP contribution in [0.25, 0.3) is 5.57 Å². The van der Waals surface area contributed by atoms with Crippen LogP contribution in [0.5, 0.6) is 0 Å². The van der Waals surface area contributed by atoms with Crippen LogP contribution in [0.2, 0.25) is 0 Å². The van der Waals surface area contributed by atoms with Gasteiger partial charge in [-0.05, 0) is 12.1 Å². The number of nitrogens with zero attached hydrogens (tertiary/aromatic N) is 2. The number of aliphatic imine (C=N–C) groups is 1. The number of ketones is 1. The van der Waals surface area contributed by atoms with Gasteiger partial charge in [-0.25, -0.2) is 35.7 Å². The fourth-order valence-corrected chi connectivity index (χ4v) is 3.35. The fraction of sp³-hybridized carbons (Fsp3) is 0.100. The molecule has 0 aromatic heterocycles. The minimum absolute atomic E-state index is 0.0207. The van der Waals surface area contributed by atoms with Crippen molar-refractivity contribution in [3.8, 4) is 0 Å². The SMILES string of the molecule is CN(C)c1ccc2c(c1Nc1c(F)c(F)c(F)c(F)c1F)C1=C(F)C(=O)C(F)=C(F)C1=N2. The molecule has 0 amide bonds. The first-order valence-corrected chi connectivity index (χ1v) is 8.69. The van der Waals surface area contributed by atoms with Crippen molar-refractivity contribution in [3.63, 3.8) is 0 Å². The smallest absolute Gasteiger partial charge is 0.253 e. The topological polar surface area (TPSA) is 44.7 Å². The predicted molar refractivity (Wildman–Crippen MR) is 99.7 cm³/mol. The van der Waals surface area contributed by atoms with Crippen LogP contribution in [0, 0.1) is 29.1 Å². The minimum atomic E-state index is -2.39. The summed E-state index contributed by atoms with van der Waals surface area (Å²) in [5.41, 5.74) is -4.28. The molecule has 0 unspecified atom stereocenters. The zero-order chi connectivity index (χ0) is 23.6. The van der Waals surface area contributed by atoms with Gasteiger partial charge in [-0.2, -0.15) is 4.39 Å². The van der Waals surface area contributed by atoms with Crippen molar-refractivity contribution >= 4 is 39.8 Å². The second kappa shape index (κ2) is 7.18. The zero-order valence-electron chi connectivity index (χ0n) is 16.0. The summed E-state index contributed by atoms with van der Waals surface area (Å²) in [5.74, 6) is -18.7. The standard InChI is InChI=1S/C20H9F8N3O/c1-31(2)6-4-3-5-7(8-9(21)20(32)16(28)15(27)18(8)29-5)17(6)30-19-13(25)11(23)10(22)12(24)14(19)26/h3-4,30H,1-2H3. The van der Waals surface area contributed by atoms with Crippen molar-refractivity contribution in [1.29, 1.82) is 0 Å². The summed E-state index contributed by atoms with van der Waals surface area (Å²) in [7, 11) is 2.86. The van der Waals surface area contributed by atoms with Gasteiger partial charge in [0.05, 0.1) is 22.6 Å². The quantitative estimate of drug-likeness (QED) is 0.278. The number of carbonyl (C=O) groups is 1. The molecule has 1 heterocycles. The third-order valence-electron chi connectivity index (χ3n) is 4.84. The molecule has 0 saturated heterocycles. The highest BCUT2D eigenvalue weighted by molar-refractivity contribution is 6.43. The Hall–Kier alpha value is -3.70. The number of fused-ring (bicyclic) bond motifs is 3. The molecule has 0 fully saturated rings. The van der Waals surface area contributed by atoms with E-state index < -0.39 is 80.6 Å². The van der Waals surface area contributed by atoms with Crippen LogP contribution in [-0.2, 0) is 4.79 Å². The number of hydrogen-bond donors (Lipinski definition) is 1. The summed E-state index contributed by atoms with van der Waals surface area (Å²) in [6.45, 7) is 0. The molecule has 12 heteroatoms. The maximum Gasteiger partial charge on any atom is 0.253 e. The molecule has 0 spiro atoms. The maximum absolute atomic E-state index is 14.7. The zero-order valence-corrected chi connectivity index (χ0v) is 16.0. The van der Waals surface area contributed by atoms with Crippen molar-refractivity contribution in [3.05, 3.63) is 64.3 Å². The van der Waals surface area contributed by atoms with Crippen molar-refractivity contribution in [2.24, 2.45) is 4.99 Å². The first-order valence-electron chi connectivity index (χ1n) is 8.69. The number of anilines is 3. The Balaban J connectivity index is 2.01. The Kier molecular flexibility index (Phi) is 4.83. The van der Waals surface area contributed by atoms with E-state index in [-0.39, 0.29) is 11.4 Å². The molecule has 4 rings (SSSR count). The highest BCUT2D eigenvalue weighted by Gasteiger charge is 2.41. The van der Waals surface area contributed by atoms with E-state index in [1.807, 2.05) is 5.32 Å². The van der Waals surface area contributed by atoms with Gasteiger partial charge in [0, 0.05) is 19.7 Å². The van der Waals surface area contributed by atoms with E-state index in [1.54, 1.807) is 0 Å². The van der Waals surface area contributed by atoms with Gasteiger partial charge in [-0.3, -0.25) is 4.79 Å². The molecule has 2 aliphatic rings. The first kappa shape index (κ1) is 21.5. The van der Waals surface area contributed by atoms with Gasteiger partial charge in [0.25, 0.3) is 5.78 Å². The lowest BCUT2D eigenvalue weighted by atomic mass is 9.93. The molecule has 32 heavy (non-hydrogen) atoms. The van der Waals surface area contributed by atoms with Crippen LogP contribution in [-0.4, -0.2) is 25.6 Å². The second-order valence-corrected chi connectivity index (χ2v) is 6.92. The lowest BCUT2D eigenvalue weighted by Gasteiger charge is -2.23. The Labute approximate surface area is 174 Å². The van der Waals surface area contributed by atoms with Gasteiger partial charge in [-0.15, -0.1) is 0 Å². The van der Waals surface area contributed by atoms with Gasteiger partial charge in [0.1, 0.15) is 11.4 Å². The number of halogens is 8. The summed E-state index contributed by atoms with van der Waals surface area (Å²) in [6.07, 6.45) is 0. The van der Waals surface area contributed by atoms with Crippen LogP contribution in [0.1, 0.15) is 5.56 Å². The molecule has 1 aliphatic carbocycles. The monoisotopic (exact) mass is 459 g/mol. The number of carbonyl (C=O) groups excluding carboxylic acids is 1. The average molecular weight is 459 g/mol. The normalized spacial score (nSPS) is 15.2. The number of rotatable bonds is 3. The number of nitrogens with one attached hydrogen (secondary N) is 1. The van der Waals surface area contributed by atoms with E-state index in [1.165, 1.54) is 31.1 Å². The van der Waals surface area contributed by atoms with E-state index in [9.17, 15) is 39.9 Å². The summed E-state index contributed by atoms with van der Waals surface area (Å²) in [4.78, 5) is 16.8. The van der Waals surface area contributed by atoms with Crippen LogP contribution in [0.4, 0.5) is 57.9 Å². The first-order chi connectivity index (χ1) is 15.0. The molecule has 0 bridgehead atoms. The van der Waals surface area contributed by atoms with Crippen molar-refractivity contribution in [1.82, 2.24) is 0 Å². The molecule has 0 saturated carbocycles. The second-order valence-electron chi connectivity index (χ2n) is 6.92. The minimum Gasteiger partial charge on any atom is -0.376 e. The van der Waals surface area contributed by atoms with Gasteiger partial charge in [0.2, 0.25) is 11.6 Å². The molecule has 2 aromatic carbocycles. The third kappa shape index (κ3) is 2.82. The molecule has 1 aliphatic heterocycles. The predicted octanol–water partition coefficient (Wildman–Crippen LogP) is 5.69. The van der Waals surface area contributed by atoms with Gasteiger partial charge < -0.3 is 10.2 Å². The number of Topliss-reactive ketones (excluding diaryl/α,β-unsaturated/α-hetero) is 1. The third-order valence-corrected chi connectivity index (χ3v) is 4.84. The molecule has 1 N–H and O–H groups in total. The highest BCUT2D eigenvalue weighted by atomic mass is 19.2. The van der Waals surface area contributed by atoms with Gasteiger partial charge >= 0.3 is 0 Å². The number of hydrogen-bond acceptors (Lipinski definition) is 4. The van der Waals surface area contributed by atoms with Crippen molar-refractivity contribution < 1.29 is 39.9 Å². The fourth-order valence-electron chi connectivity index (χ4n) is 3.35. The average Bonchev–Trinajstić information content (AvgIpc) is 3.16. The molecular formula is C20H9F8N3O. The highest BCUT2D eigenvalue weighted by Crippen LogP contribution is 2.50. The summed E-state index contributed by atoms with van der Waals surface area (Å²) in [5, 5.41) is 2.04. The summed E-state index contributed by atoms with van der Waals surface area (Å²) < 4.78 is 112. The van der Waals surface area contributed by atoms with Crippen molar-refractivity contribution in [2.45, 2.75) is 0 Å². The van der Waals surface area contributed by atoms with Crippen LogP contribution in [0.3, 0.4) is 0 Å². The number of allylic oxidation sites excluding steroid dienone is 4. The molecule has 4 nitrogen and oxygen atoms in total. The van der Waals surface area contributed by atoms with E-state index in [0.29, 0.717) is 0 Å². The molecule has 166 valence electrons. The lowest BCUT2D eigenvalue weighted by molar-refractivity contribution is -0.115. The van der Waals surface area contributed by atoms with Gasteiger partial charge in [-0.1, -0.05) is 0 Å². The molecule has 0 radical (unpaired) electrons. The Bertz CT molecular complexity index is 1300. The molecular weight excluding hydrogens is 450 g/mol. The Morgan fingerprint density at radius 1 is 0.750 bits per heavy atom. The van der Waals surface area contributed by atoms with E-state index in [2.05, 4.69) is 4.99 Å². The summed E-state index contributed by atoms with van der Waals surface area (Å²) >= 11 is 0. The van der Waals surface area contributed by atoms with Crippen LogP contribution >= 0.6 is 0 Å². The Morgan fingerprint density at radius 2 is 1.31 bits per heavy atom. The van der Waals surface area contributed by atoms with E-state index >= 15 is 0 Å². The molecule has 2 aromatic rings. The summed E-state index contributed by atoms with van der Waals surface area (Å²) in [6, 6.07) is 2.49. The largest absolute Gasteiger partial charge is 0.376 e. The van der Waals surface area contributed by atoms with Gasteiger partial charge in [0.15, 0.2) is 34.9 Å². The maximum atomic E-state index is 14.7.